The van der Waals surface area contributed by atoms with Crippen LogP contribution in [0.4, 0.5) is 10.5 Å². The van der Waals surface area contributed by atoms with E-state index in [0.717, 1.165) is 37.9 Å². The van der Waals surface area contributed by atoms with E-state index in [4.69, 9.17) is 0 Å². The molecule has 1 saturated heterocycles. The van der Waals surface area contributed by atoms with Gasteiger partial charge in [-0.05, 0) is 36.8 Å². The lowest BCUT2D eigenvalue weighted by molar-refractivity contribution is -0.384. The number of nitro benzene ring substituents is 1. The lowest BCUT2D eigenvalue weighted by Crippen LogP contribution is -2.41. The van der Waals surface area contributed by atoms with Crippen molar-refractivity contribution in [2.45, 2.75) is 33.2 Å². The van der Waals surface area contributed by atoms with Gasteiger partial charge < -0.3 is 15.5 Å². The molecule has 1 fully saturated rings. The first-order valence-corrected chi connectivity index (χ1v) is 8.91. The van der Waals surface area contributed by atoms with Crippen LogP contribution in [0.25, 0.3) is 0 Å². The summed E-state index contributed by atoms with van der Waals surface area (Å²) in [6, 6.07) is 6.04. The molecular formula is C18H28N4O3. The minimum Gasteiger partial charge on any atom is -0.338 e. The van der Waals surface area contributed by atoms with Gasteiger partial charge in [0.25, 0.3) is 5.69 Å². The molecule has 0 bridgehead atoms. The quantitative estimate of drug-likeness (QED) is 0.450. The Morgan fingerprint density at radius 1 is 1.28 bits per heavy atom. The SMILES string of the molecule is CC1CC(C)CN(CCCNC(=O)NCc2cccc([N+](=O)[O-])c2)C1. The number of piperidine rings is 1. The standard InChI is InChI=1S/C18H28N4O3/c1-14-9-15(2)13-21(12-14)8-4-7-19-18(23)20-11-16-5-3-6-17(10-16)22(24)25/h3,5-6,10,14-15H,4,7-9,11-13H2,1-2H3,(H2,19,20,23). The third-order valence-electron chi connectivity index (χ3n) is 4.46. The molecule has 1 aromatic carbocycles. The average molecular weight is 348 g/mol. The molecule has 0 aromatic heterocycles. The molecule has 138 valence electrons. The number of nitrogens with one attached hydrogen (secondary N) is 2. The molecule has 2 unspecified atom stereocenters. The first-order valence-electron chi connectivity index (χ1n) is 8.91. The van der Waals surface area contributed by atoms with Gasteiger partial charge in [-0.2, -0.15) is 0 Å². The number of hydrogen-bond acceptors (Lipinski definition) is 4. The van der Waals surface area contributed by atoms with Gasteiger partial charge in [-0.3, -0.25) is 10.1 Å². The number of carbonyl (C=O) groups is 1. The molecule has 0 spiro atoms. The number of likely N-dealkylation sites (tertiary alicyclic amines) is 1. The molecule has 2 rings (SSSR count). The summed E-state index contributed by atoms with van der Waals surface area (Å²) in [5.74, 6) is 1.49. The summed E-state index contributed by atoms with van der Waals surface area (Å²) in [6.07, 6.45) is 2.22. The molecule has 0 aliphatic carbocycles. The zero-order valence-corrected chi connectivity index (χ0v) is 15.0. The van der Waals surface area contributed by atoms with E-state index in [9.17, 15) is 14.9 Å². The van der Waals surface area contributed by atoms with E-state index in [1.54, 1.807) is 12.1 Å². The molecule has 7 nitrogen and oxygen atoms in total. The lowest BCUT2D eigenvalue weighted by atomic mass is 9.92. The Bertz CT molecular complexity index is 583. The highest BCUT2D eigenvalue weighted by atomic mass is 16.6. The first kappa shape index (κ1) is 19.2. The molecular weight excluding hydrogens is 320 g/mol. The van der Waals surface area contributed by atoms with Crippen LogP contribution in [0.3, 0.4) is 0 Å². The Balaban J connectivity index is 1.62. The molecule has 25 heavy (non-hydrogen) atoms. The summed E-state index contributed by atoms with van der Waals surface area (Å²) >= 11 is 0. The molecule has 1 aliphatic rings. The molecule has 0 radical (unpaired) electrons. The Hall–Kier alpha value is -2.15. The lowest BCUT2D eigenvalue weighted by Gasteiger charge is -2.34. The largest absolute Gasteiger partial charge is 0.338 e. The zero-order valence-electron chi connectivity index (χ0n) is 15.0. The van der Waals surface area contributed by atoms with Crippen LogP contribution in [0.1, 0.15) is 32.3 Å². The monoisotopic (exact) mass is 348 g/mol. The zero-order chi connectivity index (χ0) is 18.2. The van der Waals surface area contributed by atoms with Crippen molar-refractivity contribution in [3.8, 4) is 0 Å². The van der Waals surface area contributed by atoms with Crippen LogP contribution in [0.5, 0.6) is 0 Å². The molecule has 0 saturated carbocycles. The first-order chi connectivity index (χ1) is 11.9. The minimum absolute atomic E-state index is 0.0321. The minimum atomic E-state index is -0.439. The van der Waals surface area contributed by atoms with Crippen molar-refractivity contribution in [3.63, 3.8) is 0 Å². The van der Waals surface area contributed by atoms with E-state index >= 15 is 0 Å². The van der Waals surface area contributed by atoms with Crippen molar-refractivity contribution < 1.29 is 9.72 Å². The number of nitro groups is 1. The Kier molecular flexibility index (Phi) is 7.18. The predicted molar refractivity (Wildman–Crippen MR) is 97.3 cm³/mol. The number of carbonyl (C=O) groups excluding carboxylic acids is 1. The molecule has 2 atom stereocenters. The average Bonchev–Trinajstić information content (AvgIpc) is 2.56. The Labute approximate surface area is 148 Å². The van der Waals surface area contributed by atoms with Gasteiger partial charge in [0.15, 0.2) is 0 Å². The van der Waals surface area contributed by atoms with E-state index < -0.39 is 4.92 Å². The van der Waals surface area contributed by atoms with Gasteiger partial charge in [-0.1, -0.05) is 26.0 Å². The Morgan fingerprint density at radius 3 is 2.68 bits per heavy atom. The van der Waals surface area contributed by atoms with Crippen molar-refractivity contribution in [2.24, 2.45) is 11.8 Å². The van der Waals surface area contributed by atoms with Crippen LogP contribution in [-0.2, 0) is 6.54 Å². The van der Waals surface area contributed by atoms with Crippen LogP contribution < -0.4 is 10.6 Å². The van der Waals surface area contributed by atoms with Crippen LogP contribution in [0.15, 0.2) is 24.3 Å². The van der Waals surface area contributed by atoms with Crippen LogP contribution in [-0.4, -0.2) is 42.0 Å². The molecule has 7 heteroatoms. The fourth-order valence-corrected chi connectivity index (χ4v) is 3.50. The van der Waals surface area contributed by atoms with E-state index in [0.29, 0.717) is 12.1 Å². The van der Waals surface area contributed by atoms with Crippen molar-refractivity contribution in [1.82, 2.24) is 15.5 Å². The fraction of sp³-hybridized carbons (Fsp3) is 0.611. The van der Waals surface area contributed by atoms with Crippen molar-refractivity contribution in [3.05, 3.63) is 39.9 Å². The number of rotatable bonds is 7. The van der Waals surface area contributed by atoms with Gasteiger partial charge in [-0.15, -0.1) is 0 Å². The molecule has 2 N–H and O–H groups in total. The topological polar surface area (TPSA) is 87.5 Å². The second kappa shape index (κ2) is 9.36. The highest BCUT2D eigenvalue weighted by Crippen LogP contribution is 2.20. The van der Waals surface area contributed by atoms with E-state index in [2.05, 4.69) is 29.4 Å². The molecule has 1 aliphatic heterocycles. The van der Waals surface area contributed by atoms with Crippen LogP contribution >= 0.6 is 0 Å². The molecule has 1 aromatic rings. The second-order valence-electron chi connectivity index (χ2n) is 7.10. The van der Waals surface area contributed by atoms with Crippen LogP contribution in [0, 0.1) is 22.0 Å². The number of benzene rings is 1. The third-order valence-corrected chi connectivity index (χ3v) is 4.46. The normalized spacial score (nSPS) is 20.9. The summed E-state index contributed by atoms with van der Waals surface area (Å²) in [5, 5.41) is 16.3. The maximum atomic E-state index is 11.8. The number of hydrogen-bond donors (Lipinski definition) is 2. The number of urea groups is 1. The van der Waals surface area contributed by atoms with Crippen LogP contribution in [0.2, 0.25) is 0 Å². The summed E-state index contributed by atoms with van der Waals surface area (Å²) in [6.45, 7) is 8.77. The number of amides is 2. The Morgan fingerprint density at radius 2 is 2.00 bits per heavy atom. The second-order valence-corrected chi connectivity index (χ2v) is 7.10. The van der Waals surface area contributed by atoms with Crippen molar-refractivity contribution >= 4 is 11.7 Å². The van der Waals surface area contributed by atoms with Gasteiger partial charge in [0.1, 0.15) is 0 Å². The van der Waals surface area contributed by atoms with Crippen molar-refractivity contribution in [2.75, 3.05) is 26.2 Å². The maximum absolute atomic E-state index is 11.8. The smallest absolute Gasteiger partial charge is 0.315 e. The summed E-state index contributed by atoms with van der Waals surface area (Å²) in [4.78, 5) is 24.6. The van der Waals surface area contributed by atoms with E-state index in [1.165, 1.54) is 18.6 Å². The highest BCUT2D eigenvalue weighted by Gasteiger charge is 2.21. The number of nitrogens with zero attached hydrogens (tertiary/aromatic N) is 2. The van der Waals surface area contributed by atoms with Gasteiger partial charge in [0, 0.05) is 38.3 Å². The fourth-order valence-electron chi connectivity index (χ4n) is 3.50. The predicted octanol–water partition coefficient (Wildman–Crippen LogP) is 2.76. The van der Waals surface area contributed by atoms with Crippen molar-refractivity contribution in [1.29, 1.82) is 0 Å². The maximum Gasteiger partial charge on any atom is 0.315 e. The molecule has 2 amide bonds. The summed E-state index contributed by atoms with van der Waals surface area (Å²) in [5.41, 5.74) is 0.741. The van der Waals surface area contributed by atoms with Gasteiger partial charge in [0.2, 0.25) is 0 Å². The van der Waals surface area contributed by atoms with E-state index in [-0.39, 0.29) is 18.3 Å². The van der Waals surface area contributed by atoms with Gasteiger partial charge in [0.05, 0.1) is 4.92 Å². The third kappa shape index (κ3) is 6.70. The van der Waals surface area contributed by atoms with Gasteiger partial charge in [-0.25, -0.2) is 4.79 Å². The summed E-state index contributed by atoms with van der Waals surface area (Å²) < 4.78 is 0. The van der Waals surface area contributed by atoms with Gasteiger partial charge >= 0.3 is 6.03 Å². The van der Waals surface area contributed by atoms with E-state index in [1.807, 2.05) is 0 Å². The number of non-ortho nitro benzene ring substituents is 1. The highest BCUT2D eigenvalue weighted by molar-refractivity contribution is 5.73. The summed E-state index contributed by atoms with van der Waals surface area (Å²) in [7, 11) is 0. The molecule has 1 heterocycles.